The van der Waals surface area contributed by atoms with Crippen LogP contribution in [0.5, 0.6) is 0 Å². The molecule has 4 heteroatoms. The molecule has 0 radical (unpaired) electrons. The molecule has 1 aromatic rings. The Kier molecular flexibility index (Phi) is 6.47. The molecule has 112 valence electrons. The van der Waals surface area contributed by atoms with E-state index in [-0.39, 0.29) is 18.8 Å². The maximum absolute atomic E-state index is 9.81. The van der Waals surface area contributed by atoms with Crippen molar-refractivity contribution in [2.45, 2.75) is 50.6 Å². The molecule has 1 aromatic carbocycles. The lowest BCUT2D eigenvalue weighted by molar-refractivity contribution is -0.0643. The zero-order valence-electron chi connectivity index (χ0n) is 11.8. The van der Waals surface area contributed by atoms with Gasteiger partial charge in [0.1, 0.15) is 6.10 Å². The molecule has 0 spiro atoms. The summed E-state index contributed by atoms with van der Waals surface area (Å²) in [4.78, 5) is 0. The van der Waals surface area contributed by atoms with E-state index in [2.05, 4.69) is 0 Å². The van der Waals surface area contributed by atoms with Crippen molar-refractivity contribution in [1.82, 2.24) is 0 Å². The van der Waals surface area contributed by atoms with E-state index >= 15 is 0 Å². The highest BCUT2D eigenvalue weighted by molar-refractivity contribution is 5.13. The van der Waals surface area contributed by atoms with E-state index < -0.39 is 6.10 Å². The van der Waals surface area contributed by atoms with Crippen molar-refractivity contribution in [1.29, 1.82) is 0 Å². The number of benzene rings is 1. The highest BCUT2D eigenvalue weighted by atomic mass is 16.5. The van der Waals surface area contributed by atoms with Crippen molar-refractivity contribution in [2.24, 2.45) is 0 Å². The van der Waals surface area contributed by atoms with Crippen LogP contribution in [0.1, 0.15) is 31.2 Å². The first-order valence-electron chi connectivity index (χ1n) is 7.33. The molecule has 0 aromatic heterocycles. The Balaban J connectivity index is 1.55. The summed E-state index contributed by atoms with van der Waals surface area (Å²) in [6, 6.07) is 9.89. The summed E-state index contributed by atoms with van der Waals surface area (Å²) >= 11 is 0. The molecule has 4 nitrogen and oxygen atoms in total. The molecule has 20 heavy (non-hydrogen) atoms. The zero-order chi connectivity index (χ0) is 14.2. The number of aliphatic hydroxyl groups excluding tert-OH is 2. The lowest BCUT2D eigenvalue weighted by Crippen LogP contribution is -2.29. The Hall–Kier alpha value is -0.940. The van der Waals surface area contributed by atoms with Crippen LogP contribution in [-0.2, 0) is 16.1 Å². The van der Waals surface area contributed by atoms with Gasteiger partial charge in [0.15, 0.2) is 0 Å². The molecule has 1 unspecified atom stereocenters. The number of hydrogen-bond acceptors (Lipinski definition) is 4. The summed E-state index contributed by atoms with van der Waals surface area (Å²) in [5.41, 5.74) is 1.10. The zero-order valence-corrected chi connectivity index (χ0v) is 11.8. The van der Waals surface area contributed by atoms with Crippen molar-refractivity contribution >= 4 is 0 Å². The van der Waals surface area contributed by atoms with Crippen LogP contribution in [0.4, 0.5) is 0 Å². The van der Waals surface area contributed by atoms with E-state index in [4.69, 9.17) is 9.47 Å². The van der Waals surface area contributed by atoms with Gasteiger partial charge in [0.05, 0.1) is 32.0 Å². The Labute approximate surface area is 120 Å². The molecule has 0 aliphatic heterocycles. The van der Waals surface area contributed by atoms with Gasteiger partial charge in [-0.15, -0.1) is 0 Å². The molecule has 1 fully saturated rings. The Morgan fingerprint density at radius 1 is 1.05 bits per heavy atom. The second-order valence-electron chi connectivity index (χ2n) is 5.42. The fourth-order valence-electron chi connectivity index (χ4n) is 2.39. The summed E-state index contributed by atoms with van der Waals surface area (Å²) in [5.74, 6) is 0. The third-order valence-corrected chi connectivity index (χ3v) is 3.59. The second kappa shape index (κ2) is 8.37. The van der Waals surface area contributed by atoms with Crippen LogP contribution in [0.2, 0.25) is 0 Å². The fraction of sp³-hybridized carbons (Fsp3) is 0.625. The van der Waals surface area contributed by atoms with Crippen LogP contribution >= 0.6 is 0 Å². The molecule has 1 atom stereocenters. The van der Waals surface area contributed by atoms with Gasteiger partial charge in [-0.2, -0.15) is 0 Å². The van der Waals surface area contributed by atoms with E-state index in [9.17, 15) is 10.2 Å². The van der Waals surface area contributed by atoms with Crippen molar-refractivity contribution in [2.75, 3.05) is 13.2 Å². The third kappa shape index (κ3) is 5.59. The van der Waals surface area contributed by atoms with Crippen molar-refractivity contribution in [3.8, 4) is 0 Å². The lowest BCUT2D eigenvalue weighted by Gasteiger charge is -2.26. The lowest BCUT2D eigenvalue weighted by atomic mass is 9.95. The standard InChI is InChI=1S/C16H24O4/c17-14-6-8-16(9-7-14)20-12-15(18)11-19-10-13-4-2-1-3-5-13/h1-5,14-18H,6-12H2. The molecule has 0 amide bonds. The summed E-state index contributed by atoms with van der Waals surface area (Å²) in [5, 5.41) is 19.2. The molecule has 0 saturated heterocycles. The monoisotopic (exact) mass is 280 g/mol. The quantitative estimate of drug-likeness (QED) is 0.800. The van der Waals surface area contributed by atoms with Crippen molar-refractivity contribution in [3.05, 3.63) is 35.9 Å². The van der Waals surface area contributed by atoms with Gasteiger partial charge in [0, 0.05) is 0 Å². The predicted molar refractivity (Wildman–Crippen MR) is 76.3 cm³/mol. The van der Waals surface area contributed by atoms with Crippen molar-refractivity contribution < 1.29 is 19.7 Å². The van der Waals surface area contributed by atoms with Gasteiger partial charge in [-0.25, -0.2) is 0 Å². The Bertz CT molecular complexity index is 360. The van der Waals surface area contributed by atoms with Crippen LogP contribution < -0.4 is 0 Å². The van der Waals surface area contributed by atoms with Crippen LogP contribution in [0.3, 0.4) is 0 Å². The minimum Gasteiger partial charge on any atom is -0.393 e. The van der Waals surface area contributed by atoms with Gasteiger partial charge < -0.3 is 19.7 Å². The summed E-state index contributed by atoms with van der Waals surface area (Å²) < 4.78 is 11.1. The number of aliphatic hydroxyl groups is 2. The summed E-state index contributed by atoms with van der Waals surface area (Å²) in [6.45, 7) is 1.09. The summed E-state index contributed by atoms with van der Waals surface area (Å²) in [7, 11) is 0. The van der Waals surface area contributed by atoms with Gasteiger partial charge >= 0.3 is 0 Å². The summed E-state index contributed by atoms with van der Waals surface area (Å²) in [6.07, 6.45) is 2.75. The molecule has 2 N–H and O–H groups in total. The fourth-order valence-corrected chi connectivity index (χ4v) is 2.39. The normalized spacial score (nSPS) is 24.5. The third-order valence-electron chi connectivity index (χ3n) is 3.59. The molecule has 0 bridgehead atoms. The van der Waals surface area contributed by atoms with E-state index in [1.807, 2.05) is 30.3 Å². The van der Waals surface area contributed by atoms with E-state index in [1.165, 1.54) is 0 Å². The first-order valence-corrected chi connectivity index (χ1v) is 7.33. The largest absolute Gasteiger partial charge is 0.393 e. The average molecular weight is 280 g/mol. The molecule has 1 aliphatic carbocycles. The van der Waals surface area contributed by atoms with E-state index in [1.54, 1.807) is 0 Å². The minimum atomic E-state index is -0.592. The molecule has 2 rings (SSSR count). The van der Waals surface area contributed by atoms with Crippen LogP contribution in [0, 0.1) is 0 Å². The predicted octanol–water partition coefficient (Wildman–Crippen LogP) is 1.88. The van der Waals surface area contributed by atoms with Gasteiger partial charge in [0.25, 0.3) is 0 Å². The SMILES string of the molecule is OC1CCC(OCC(O)COCc2ccccc2)CC1. The van der Waals surface area contributed by atoms with E-state index in [0.717, 1.165) is 31.2 Å². The number of rotatable bonds is 7. The molecular weight excluding hydrogens is 256 g/mol. The molecular formula is C16H24O4. The number of hydrogen-bond donors (Lipinski definition) is 2. The van der Waals surface area contributed by atoms with Crippen LogP contribution in [0.25, 0.3) is 0 Å². The highest BCUT2D eigenvalue weighted by Crippen LogP contribution is 2.21. The first-order chi connectivity index (χ1) is 9.74. The van der Waals surface area contributed by atoms with Crippen LogP contribution in [0.15, 0.2) is 30.3 Å². The second-order valence-corrected chi connectivity index (χ2v) is 5.42. The molecule has 0 heterocycles. The van der Waals surface area contributed by atoms with Gasteiger partial charge in [-0.1, -0.05) is 30.3 Å². The molecule has 1 aliphatic rings. The van der Waals surface area contributed by atoms with Crippen molar-refractivity contribution in [3.63, 3.8) is 0 Å². The van der Waals surface area contributed by atoms with Crippen LogP contribution in [-0.4, -0.2) is 41.7 Å². The smallest absolute Gasteiger partial charge is 0.101 e. The highest BCUT2D eigenvalue weighted by Gasteiger charge is 2.20. The van der Waals surface area contributed by atoms with Gasteiger partial charge in [0.2, 0.25) is 0 Å². The van der Waals surface area contributed by atoms with Gasteiger partial charge in [-0.3, -0.25) is 0 Å². The topological polar surface area (TPSA) is 58.9 Å². The Morgan fingerprint density at radius 2 is 1.75 bits per heavy atom. The Morgan fingerprint density at radius 3 is 2.45 bits per heavy atom. The minimum absolute atomic E-state index is 0.169. The maximum Gasteiger partial charge on any atom is 0.101 e. The number of ether oxygens (including phenoxy) is 2. The first kappa shape index (κ1) is 15.4. The average Bonchev–Trinajstić information content (AvgIpc) is 2.48. The van der Waals surface area contributed by atoms with Gasteiger partial charge in [-0.05, 0) is 31.2 Å². The van der Waals surface area contributed by atoms with E-state index in [0.29, 0.717) is 13.2 Å². The maximum atomic E-state index is 9.81. The molecule has 1 saturated carbocycles.